The van der Waals surface area contributed by atoms with Crippen LogP contribution in [0.4, 0.5) is 5.82 Å². The second-order valence-corrected chi connectivity index (χ2v) is 7.74. The lowest BCUT2D eigenvalue weighted by Gasteiger charge is -2.35. The van der Waals surface area contributed by atoms with Crippen LogP contribution in [-0.4, -0.2) is 39.4 Å². The summed E-state index contributed by atoms with van der Waals surface area (Å²) >= 11 is 0. The van der Waals surface area contributed by atoms with Gasteiger partial charge in [-0.3, -0.25) is 0 Å². The van der Waals surface area contributed by atoms with E-state index in [-0.39, 0.29) is 11.0 Å². The minimum atomic E-state index is -3.32. The van der Waals surface area contributed by atoms with Gasteiger partial charge in [-0.15, -0.1) is 0 Å². The maximum Gasteiger partial charge on any atom is 0.179 e. The number of nitrogens with zero attached hydrogens (tertiary/aromatic N) is 2. The van der Waals surface area contributed by atoms with Crippen molar-refractivity contribution in [3.05, 3.63) is 53.7 Å². The molecule has 0 N–H and O–H groups in total. The van der Waals surface area contributed by atoms with Crippen LogP contribution in [0.25, 0.3) is 0 Å². The molecule has 2 aromatic rings. The van der Waals surface area contributed by atoms with Crippen molar-refractivity contribution in [2.24, 2.45) is 0 Å². The summed E-state index contributed by atoms with van der Waals surface area (Å²) in [5.41, 5.74) is 2.30. The van der Waals surface area contributed by atoms with Crippen molar-refractivity contribution >= 4 is 15.7 Å². The number of pyridine rings is 1. The summed E-state index contributed by atoms with van der Waals surface area (Å²) in [6, 6.07) is 11.4. The van der Waals surface area contributed by atoms with Crippen LogP contribution in [0, 0.1) is 6.92 Å². The van der Waals surface area contributed by atoms with Crippen molar-refractivity contribution in [2.75, 3.05) is 30.9 Å². The van der Waals surface area contributed by atoms with Crippen molar-refractivity contribution in [2.45, 2.75) is 17.9 Å². The van der Waals surface area contributed by atoms with E-state index in [1.807, 2.05) is 17.0 Å². The molecule has 1 aliphatic rings. The normalized spacial score (nSPS) is 18.9. The topological polar surface area (TPSA) is 59.5 Å². The van der Waals surface area contributed by atoms with Gasteiger partial charge < -0.3 is 9.64 Å². The molecule has 1 aliphatic heterocycles. The highest BCUT2D eigenvalue weighted by atomic mass is 32.2. The first-order valence-corrected chi connectivity index (χ1v) is 9.43. The Morgan fingerprint density at radius 1 is 1.22 bits per heavy atom. The zero-order valence-corrected chi connectivity index (χ0v) is 14.1. The van der Waals surface area contributed by atoms with Crippen molar-refractivity contribution in [3.8, 4) is 0 Å². The fraction of sp³-hybridized carbons (Fsp3) is 0.353. The molecule has 0 bridgehead atoms. The van der Waals surface area contributed by atoms with Gasteiger partial charge in [-0.1, -0.05) is 24.3 Å². The summed E-state index contributed by atoms with van der Waals surface area (Å²) in [4.78, 5) is 6.58. The molecular formula is C17H20N2O3S. The second-order valence-electron chi connectivity index (χ2n) is 5.76. The van der Waals surface area contributed by atoms with Gasteiger partial charge in [0, 0.05) is 25.5 Å². The lowest BCUT2D eigenvalue weighted by Crippen LogP contribution is -2.39. The molecule has 1 aromatic heterocycles. The van der Waals surface area contributed by atoms with Gasteiger partial charge in [0.05, 0.1) is 6.61 Å². The second kappa shape index (κ2) is 6.29. The molecule has 0 saturated carbocycles. The van der Waals surface area contributed by atoms with Crippen LogP contribution in [0.3, 0.4) is 0 Å². The summed E-state index contributed by atoms with van der Waals surface area (Å²) in [7, 11) is -3.32. The average Bonchev–Trinajstić information content (AvgIpc) is 2.55. The van der Waals surface area contributed by atoms with Crippen molar-refractivity contribution in [1.82, 2.24) is 4.98 Å². The Balaban J connectivity index is 1.93. The summed E-state index contributed by atoms with van der Waals surface area (Å²) in [6.07, 6.45) is 2.76. The molecule has 1 unspecified atom stereocenters. The highest BCUT2D eigenvalue weighted by molar-refractivity contribution is 7.90. The Bertz CT molecular complexity index is 805. The Morgan fingerprint density at radius 3 is 2.74 bits per heavy atom. The molecule has 1 saturated heterocycles. The number of morpholine rings is 1. The average molecular weight is 332 g/mol. The Kier molecular flexibility index (Phi) is 4.37. The molecule has 5 nitrogen and oxygen atoms in total. The van der Waals surface area contributed by atoms with Gasteiger partial charge in [0.15, 0.2) is 9.84 Å². The Morgan fingerprint density at radius 2 is 2.00 bits per heavy atom. The zero-order valence-electron chi connectivity index (χ0n) is 13.3. The van der Waals surface area contributed by atoms with Gasteiger partial charge in [0.1, 0.15) is 16.8 Å². The van der Waals surface area contributed by atoms with E-state index in [1.165, 1.54) is 11.8 Å². The first-order chi connectivity index (χ1) is 11.0. The van der Waals surface area contributed by atoms with Gasteiger partial charge in [0.2, 0.25) is 0 Å². The minimum absolute atomic E-state index is 0.0839. The molecule has 1 fully saturated rings. The molecule has 2 heterocycles. The first kappa shape index (κ1) is 16.0. The summed E-state index contributed by atoms with van der Waals surface area (Å²) in [5, 5.41) is 0. The van der Waals surface area contributed by atoms with Crippen LogP contribution in [-0.2, 0) is 14.6 Å². The van der Waals surface area contributed by atoms with Gasteiger partial charge in [-0.25, -0.2) is 13.4 Å². The van der Waals surface area contributed by atoms with Crippen molar-refractivity contribution in [3.63, 3.8) is 0 Å². The summed E-state index contributed by atoms with van der Waals surface area (Å²) < 4.78 is 29.9. The molecule has 0 amide bonds. The number of hydrogen-bond donors (Lipinski definition) is 0. The van der Waals surface area contributed by atoms with E-state index >= 15 is 0 Å². The maximum absolute atomic E-state index is 12.0. The molecule has 3 rings (SSSR count). The van der Waals surface area contributed by atoms with E-state index in [4.69, 9.17) is 4.74 Å². The molecule has 6 heteroatoms. The SMILES string of the molecule is Cc1ccccc1C1CN(c2ncccc2S(C)(=O)=O)CCO1. The molecule has 23 heavy (non-hydrogen) atoms. The lowest BCUT2D eigenvalue weighted by molar-refractivity contribution is 0.0389. The number of aromatic nitrogens is 1. The largest absolute Gasteiger partial charge is 0.370 e. The Hall–Kier alpha value is -1.92. The van der Waals surface area contributed by atoms with E-state index in [0.717, 1.165) is 5.56 Å². The predicted molar refractivity (Wildman–Crippen MR) is 89.4 cm³/mol. The van der Waals surface area contributed by atoms with Crippen LogP contribution in [0.1, 0.15) is 17.2 Å². The number of aryl methyl sites for hydroxylation is 1. The number of hydrogen-bond acceptors (Lipinski definition) is 5. The van der Waals surface area contributed by atoms with E-state index in [9.17, 15) is 8.42 Å². The first-order valence-electron chi connectivity index (χ1n) is 7.54. The Labute approximate surface area is 136 Å². The minimum Gasteiger partial charge on any atom is -0.370 e. The third kappa shape index (κ3) is 3.38. The van der Waals surface area contributed by atoms with Crippen LogP contribution in [0.15, 0.2) is 47.5 Å². The van der Waals surface area contributed by atoms with Gasteiger partial charge in [-0.05, 0) is 30.2 Å². The third-order valence-electron chi connectivity index (χ3n) is 4.05. The smallest absolute Gasteiger partial charge is 0.179 e. The van der Waals surface area contributed by atoms with Crippen LogP contribution in [0.2, 0.25) is 0 Å². The highest BCUT2D eigenvalue weighted by Gasteiger charge is 2.27. The van der Waals surface area contributed by atoms with Crippen LogP contribution >= 0.6 is 0 Å². The lowest BCUT2D eigenvalue weighted by atomic mass is 10.0. The summed E-state index contributed by atoms with van der Waals surface area (Å²) in [5.74, 6) is 0.511. The molecule has 0 radical (unpaired) electrons. The quantitative estimate of drug-likeness (QED) is 0.863. The molecule has 122 valence electrons. The monoisotopic (exact) mass is 332 g/mol. The van der Waals surface area contributed by atoms with Crippen LogP contribution in [0.5, 0.6) is 0 Å². The fourth-order valence-corrected chi connectivity index (χ4v) is 3.73. The number of rotatable bonds is 3. The number of anilines is 1. The molecule has 1 atom stereocenters. The van der Waals surface area contributed by atoms with Gasteiger partial charge in [0.25, 0.3) is 0 Å². The third-order valence-corrected chi connectivity index (χ3v) is 5.17. The standard InChI is InChI=1S/C17H20N2O3S/c1-13-6-3-4-7-14(13)15-12-19(10-11-22-15)17-16(23(2,20)21)8-5-9-18-17/h3-9,15H,10-12H2,1-2H3. The van der Waals surface area contributed by atoms with Gasteiger partial charge in [-0.2, -0.15) is 0 Å². The van der Waals surface area contributed by atoms with E-state index in [1.54, 1.807) is 18.3 Å². The summed E-state index contributed by atoms with van der Waals surface area (Å²) in [6.45, 7) is 3.81. The highest BCUT2D eigenvalue weighted by Crippen LogP contribution is 2.30. The number of sulfone groups is 1. The number of benzene rings is 1. The molecule has 0 aliphatic carbocycles. The zero-order chi connectivity index (χ0) is 16.4. The van der Waals surface area contributed by atoms with E-state index in [0.29, 0.717) is 25.5 Å². The maximum atomic E-state index is 12.0. The van der Waals surface area contributed by atoms with E-state index < -0.39 is 9.84 Å². The predicted octanol–water partition coefficient (Wildman–Crippen LogP) is 2.37. The van der Waals surface area contributed by atoms with Crippen molar-refractivity contribution < 1.29 is 13.2 Å². The van der Waals surface area contributed by atoms with Crippen LogP contribution < -0.4 is 4.90 Å². The molecule has 1 aromatic carbocycles. The van der Waals surface area contributed by atoms with Crippen molar-refractivity contribution in [1.29, 1.82) is 0 Å². The van der Waals surface area contributed by atoms with Gasteiger partial charge >= 0.3 is 0 Å². The molecule has 0 spiro atoms. The van der Waals surface area contributed by atoms with E-state index in [2.05, 4.69) is 24.0 Å². The molecular weight excluding hydrogens is 312 g/mol. The fourth-order valence-electron chi connectivity index (χ4n) is 2.89. The number of ether oxygens (including phenoxy) is 1.